The third-order valence-corrected chi connectivity index (χ3v) is 10.2. The van der Waals surface area contributed by atoms with Crippen molar-refractivity contribution in [1.29, 1.82) is 0 Å². The van der Waals surface area contributed by atoms with Crippen LogP contribution in [0.2, 0.25) is 5.02 Å². The number of carboxylic acids is 1. The highest BCUT2D eigenvalue weighted by molar-refractivity contribution is 7.89. The highest BCUT2D eigenvalue weighted by Gasteiger charge is 2.35. The summed E-state index contributed by atoms with van der Waals surface area (Å²) in [4.78, 5) is 26.4. The molecule has 5 rings (SSSR count). The number of carbonyl (C=O) groups is 2. The first-order valence-corrected chi connectivity index (χ1v) is 15.1. The zero-order valence-electron chi connectivity index (χ0n) is 22.2. The third kappa shape index (κ3) is 6.07. The van der Waals surface area contributed by atoms with Crippen LogP contribution in [0.3, 0.4) is 0 Å². The molecule has 12 heteroatoms. The first-order valence-electron chi connectivity index (χ1n) is 13.3. The zero-order valence-corrected chi connectivity index (χ0v) is 23.7. The van der Waals surface area contributed by atoms with Crippen molar-refractivity contribution in [1.82, 2.24) is 19.0 Å². The van der Waals surface area contributed by atoms with Crippen molar-refractivity contribution in [2.24, 2.45) is 13.0 Å². The molecule has 2 N–H and O–H groups in total. The van der Waals surface area contributed by atoms with Crippen LogP contribution in [-0.4, -0.2) is 76.6 Å². The minimum Gasteiger partial charge on any atom is -0.478 e. The number of hydrogen-bond acceptors (Lipinski definition) is 6. The number of likely N-dealkylation sites (tertiary alicyclic amines) is 1. The molecule has 2 saturated heterocycles. The van der Waals surface area contributed by atoms with Gasteiger partial charge in [0, 0.05) is 49.5 Å². The number of aromatic nitrogens is 2. The Labute approximate surface area is 238 Å². The van der Waals surface area contributed by atoms with E-state index in [0.29, 0.717) is 25.9 Å². The number of piperidine rings is 2. The van der Waals surface area contributed by atoms with Gasteiger partial charge in [-0.1, -0.05) is 23.7 Å². The van der Waals surface area contributed by atoms with E-state index in [2.05, 4.69) is 15.3 Å². The molecule has 2 aromatic carbocycles. The van der Waals surface area contributed by atoms with Crippen molar-refractivity contribution in [3.63, 3.8) is 0 Å². The molecule has 2 fully saturated rings. The first kappa shape index (κ1) is 28.3. The largest absolute Gasteiger partial charge is 0.478 e. The second-order valence-electron chi connectivity index (χ2n) is 10.4. The van der Waals surface area contributed by atoms with Crippen molar-refractivity contribution >= 4 is 39.2 Å². The number of amides is 1. The van der Waals surface area contributed by atoms with Crippen molar-refractivity contribution < 1.29 is 23.1 Å². The summed E-state index contributed by atoms with van der Waals surface area (Å²) < 4.78 is 29.6. The normalized spacial score (nSPS) is 18.1. The molecule has 2 aliphatic rings. The fraction of sp³-hybridized carbons (Fsp3) is 0.393. The number of carbonyl (C=O) groups excluding carboxylic acids is 1. The number of rotatable bonds is 7. The Kier molecular flexibility index (Phi) is 8.27. The maximum atomic E-state index is 13.2. The van der Waals surface area contributed by atoms with Gasteiger partial charge in [-0.15, -0.1) is 0 Å². The SMILES string of the molecule is Cn1cc(-c2ccc(NC(=O)C3CCN(C4CCN(S(=O)(=O)c5cc(C(=O)O)ccc5Cl)CC4)CC3)cc2)cn1. The van der Waals surface area contributed by atoms with Crippen LogP contribution >= 0.6 is 11.6 Å². The molecule has 212 valence electrons. The Balaban J connectivity index is 1.11. The van der Waals surface area contributed by atoms with E-state index in [4.69, 9.17) is 11.6 Å². The van der Waals surface area contributed by atoms with Gasteiger partial charge in [0.1, 0.15) is 4.90 Å². The summed E-state index contributed by atoms with van der Waals surface area (Å²) in [6, 6.07) is 11.7. The van der Waals surface area contributed by atoms with Crippen molar-refractivity contribution in [2.75, 3.05) is 31.5 Å². The molecule has 0 unspecified atom stereocenters. The summed E-state index contributed by atoms with van der Waals surface area (Å²) in [5, 5.41) is 16.5. The zero-order chi connectivity index (χ0) is 28.4. The van der Waals surface area contributed by atoms with Crippen LogP contribution in [0.25, 0.3) is 11.1 Å². The van der Waals surface area contributed by atoms with Crippen molar-refractivity contribution in [3.8, 4) is 11.1 Å². The number of benzene rings is 2. The van der Waals surface area contributed by atoms with Crippen LogP contribution in [0.1, 0.15) is 36.0 Å². The molecule has 40 heavy (non-hydrogen) atoms. The van der Waals surface area contributed by atoms with Gasteiger partial charge in [0.15, 0.2) is 0 Å². The van der Waals surface area contributed by atoms with Crippen molar-refractivity contribution in [2.45, 2.75) is 36.6 Å². The predicted octanol–water partition coefficient (Wildman–Crippen LogP) is 3.94. The fourth-order valence-corrected chi connectivity index (χ4v) is 7.48. The molecule has 1 aromatic heterocycles. The lowest BCUT2D eigenvalue weighted by atomic mass is 9.93. The van der Waals surface area contributed by atoms with Gasteiger partial charge >= 0.3 is 5.97 Å². The fourth-order valence-electron chi connectivity index (χ4n) is 5.51. The molecule has 0 radical (unpaired) electrons. The van der Waals surface area contributed by atoms with E-state index in [1.54, 1.807) is 10.9 Å². The van der Waals surface area contributed by atoms with Crippen molar-refractivity contribution in [3.05, 3.63) is 65.4 Å². The molecule has 0 aliphatic carbocycles. The Morgan fingerprint density at radius 2 is 1.65 bits per heavy atom. The Morgan fingerprint density at radius 1 is 0.975 bits per heavy atom. The molecule has 0 spiro atoms. The lowest BCUT2D eigenvalue weighted by Crippen LogP contribution is -2.49. The summed E-state index contributed by atoms with van der Waals surface area (Å²) in [5.74, 6) is -1.25. The van der Waals surface area contributed by atoms with E-state index in [1.165, 1.54) is 16.4 Å². The predicted molar refractivity (Wildman–Crippen MR) is 152 cm³/mol. The molecule has 0 atom stereocenters. The first-order chi connectivity index (χ1) is 19.1. The van der Waals surface area contributed by atoms with Gasteiger partial charge in [-0.25, -0.2) is 13.2 Å². The monoisotopic (exact) mass is 585 g/mol. The number of hydrogen-bond donors (Lipinski definition) is 2. The van der Waals surface area contributed by atoms with Gasteiger partial charge in [0.2, 0.25) is 15.9 Å². The lowest BCUT2D eigenvalue weighted by molar-refractivity contribution is -0.121. The molecule has 0 bridgehead atoms. The third-order valence-electron chi connectivity index (χ3n) is 7.83. The minimum atomic E-state index is -3.91. The molecule has 3 heterocycles. The summed E-state index contributed by atoms with van der Waals surface area (Å²) in [7, 11) is -2.03. The van der Waals surface area contributed by atoms with Crippen LogP contribution in [-0.2, 0) is 21.9 Å². The summed E-state index contributed by atoms with van der Waals surface area (Å²) in [6.07, 6.45) is 6.57. The average molecular weight is 586 g/mol. The topological polar surface area (TPSA) is 125 Å². The van der Waals surface area contributed by atoms with E-state index >= 15 is 0 Å². The van der Waals surface area contributed by atoms with Gasteiger partial charge in [0.25, 0.3) is 0 Å². The van der Waals surface area contributed by atoms with Crippen LogP contribution < -0.4 is 5.32 Å². The molecule has 10 nitrogen and oxygen atoms in total. The van der Waals surface area contributed by atoms with E-state index in [1.807, 2.05) is 37.5 Å². The molecule has 3 aromatic rings. The Morgan fingerprint density at radius 3 is 2.25 bits per heavy atom. The summed E-state index contributed by atoms with van der Waals surface area (Å²) >= 11 is 6.14. The number of sulfonamides is 1. The van der Waals surface area contributed by atoms with Crippen LogP contribution in [0.15, 0.2) is 59.8 Å². The molecule has 0 saturated carbocycles. The van der Waals surface area contributed by atoms with Gasteiger partial charge in [-0.05, 0) is 74.7 Å². The van der Waals surface area contributed by atoms with Gasteiger partial charge in [-0.3, -0.25) is 9.48 Å². The quantitative estimate of drug-likeness (QED) is 0.430. The second kappa shape index (κ2) is 11.7. The maximum Gasteiger partial charge on any atom is 0.335 e. The number of aromatic carboxylic acids is 1. The minimum absolute atomic E-state index is 0.0110. The van der Waals surface area contributed by atoms with E-state index in [9.17, 15) is 23.1 Å². The molecule has 1 amide bonds. The van der Waals surface area contributed by atoms with Gasteiger partial charge in [-0.2, -0.15) is 9.40 Å². The Bertz CT molecular complexity index is 1490. The molecular formula is C28H32ClN5O5S. The van der Waals surface area contributed by atoms with Crippen LogP contribution in [0, 0.1) is 5.92 Å². The second-order valence-corrected chi connectivity index (χ2v) is 12.7. The van der Waals surface area contributed by atoms with E-state index in [0.717, 1.165) is 48.8 Å². The lowest BCUT2D eigenvalue weighted by Gasteiger charge is -2.41. The highest BCUT2D eigenvalue weighted by Crippen LogP contribution is 2.30. The van der Waals surface area contributed by atoms with Crippen LogP contribution in [0.5, 0.6) is 0 Å². The summed E-state index contributed by atoms with van der Waals surface area (Å²) in [6.45, 7) is 2.22. The number of anilines is 1. The number of nitrogens with zero attached hydrogens (tertiary/aromatic N) is 4. The van der Waals surface area contributed by atoms with Gasteiger partial charge in [0.05, 0.1) is 16.8 Å². The smallest absolute Gasteiger partial charge is 0.335 e. The van der Waals surface area contributed by atoms with E-state index in [-0.39, 0.29) is 33.3 Å². The average Bonchev–Trinajstić information content (AvgIpc) is 3.39. The van der Waals surface area contributed by atoms with Gasteiger partial charge < -0.3 is 15.3 Å². The number of halogens is 1. The number of carboxylic acid groups (broad SMARTS) is 1. The van der Waals surface area contributed by atoms with E-state index < -0.39 is 16.0 Å². The van der Waals surface area contributed by atoms with Crippen LogP contribution in [0.4, 0.5) is 5.69 Å². The summed E-state index contributed by atoms with van der Waals surface area (Å²) in [5.41, 5.74) is 2.71. The molecular weight excluding hydrogens is 554 g/mol. The Hall–Kier alpha value is -3.25. The number of nitrogens with one attached hydrogen (secondary N) is 1. The molecule has 2 aliphatic heterocycles. The number of aryl methyl sites for hydroxylation is 1. The highest BCUT2D eigenvalue weighted by atomic mass is 35.5. The standard InChI is InChI=1S/C28H32ClN5O5S/c1-32-18-22(17-30-32)19-2-5-23(6-3-19)31-27(35)20-8-12-33(13-9-20)24-10-14-34(15-11-24)40(38,39)26-16-21(28(36)37)4-7-25(26)29/h2-7,16-18,20,24H,8-15H2,1H3,(H,31,35)(H,36,37). The maximum absolute atomic E-state index is 13.2.